The SMILES string of the molecule is CC(=O)[C@H](CC(=O)O)CC(=O)[C@H](CC(=O)O)NC(=O)CCNC(=O)c1ccc(NCc2cnc3nc(N)[nH]c(=O)c3n2)cc1. The van der Waals surface area contributed by atoms with Crippen LogP contribution in [0.3, 0.4) is 0 Å². The summed E-state index contributed by atoms with van der Waals surface area (Å²) in [6.45, 7) is 1.21. The lowest BCUT2D eigenvalue weighted by atomic mass is 9.91. The molecule has 0 fully saturated rings. The molecular formula is C27H30N8O9. The maximum Gasteiger partial charge on any atom is 0.305 e. The number of aliphatic carboxylic acids is 2. The van der Waals surface area contributed by atoms with Crippen LogP contribution in [-0.4, -0.2) is 78.1 Å². The van der Waals surface area contributed by atoms with Gasteiger partial charge in [0.05, 0.1) is 37.3 Å². The van der Waals surface area contributed by atoms with Gasteiger partial charge < -0.3 is 31.9 Å². The third kappa shape index (κ3) is 9.68. The number of hydrogen-bond donors (Lipinski definition) is 7. The second-order valence-corrected chi connectivity index (χ2v) is 9.72. The monoisotopic (exact) mass is 610 g/mol. The van der Waals surface area contributed by atoms with Gasteiger partial charge in [-0.2, -0.15) is 4.98 Å². The minimum atomic E-state index is -1.47. The normalized spacial score (nSPS) is 12.1. The lowest BCUT2D eigenvalue weighted by Gasteiger charge is -2.18. The van der Waals surface area contributed by atoms with Crippen LogP contribution >= 0.6 is 0 Å². The molecular weight excluding hydrogens is 580 g/mol. The van der Waals surface area contributed by atoms with Crippen LogP contribution in [0, 0.1) is 5.92 Å². The number of nitrogen functional groups attached to an aromatic ring is 1. The lowest BCUT2D eigenvalue weighted by molar-refractivity contribution is -0.143. The molecule has 44 heavy (non-hydrogen) atoms. The van der Waals surface area contributed by atoms with E-state index in [0.717, 1.165) is 6.92 Å². The van der Waals surface area contributed by atoms with Crippen LogP contribution in [0.1, 0.15) is 48.7 Å². The first-order valence-electron chi connectivity index (χ1n) is 13.2. The second-order valence-electron chi connectivity index (χ2n) is 9.72. The van der Waals surface area contributed by atoms with Crippen molar-refractivity contribution in [3.63, 3.8) is 0 Å². The van der Waals surface area contributed by atoms with Gasteiger partial charge in [0.1, 0.15) is 5.78 Å². The average molecular weight is 611 g/mol. The molecule has 0 saturated carbocycles. The Hall–Kier alpha value is -5.74. The number of rotatable bonds is 16. The maximum absolute atomic E-state index is 12.6. The topological polar surface area (TPSA) is 277 Å². The molecule has 17 nitrogen and oxygen atoms in total. The molecule has 1 aromatic carbocycles. The Morgan fingerprint density at radius 3 is 2.30 bits per heavy atom. The number of carboxylic acid groups (broad SMARTS) is 2. The van der Waals surface area contributed by atoms with Crippen molar-refractivity contribution in [3.8, 4) is 0 Å². The van der Waals surface area contributed by atoms with Crippen LogP contribution in [0.15, 0.2) is 35.3 Å². The Bertz CT molecular complexity index is 1640. The number of carbonyl (C=O) groups excluding carboxylic acids is 4. The number of nitrogens with zero attached hydrogens (tertiary/aromatic N) is 3. The molecule has 3 aromatic rings. The summed E-state index contributed by atoms with van der Waals surface area (Å²) < 4.78 is 0. The number of Topliss-reactive ketones (excluding diaryl/α,β-unsaturated/α-hetero) is 2. The van der Waals surface area contributed by atoms with E-state index in [1.54, 1.807) is 12.1 Å². The highest BCUT2D eigenvalue weighted by molar-refractivity contribution is 5.96. The smallest absolute Gasteiger partial charge is 0.305 e. The molecule has 2 atom stereocenters. The molecule has 2 amide bonds. The Morgan fingerprint density at radius 2 is 1.66 bits per heavy atom. The number of aromatic amines is 1. The fourth-order valence-corrected chi connectivity index (χ4v) is 4.02. The van der Waals surface area contributed by atoms with E-state index in [9.17, 15) is 33.6 Å². The number of amides is 2. The molecule has 8 N–H and O–H groups in total. The predicted molar refractivity (Wildman–Crippen MR) is 153 cm³/mol. The standard InChI is InChI=1S/C27H30N8O9/c1-13(36)15(9-21(39)40)8-19(37)18(10-22(41)42)33-20(38)6-7-29-25(43)14-2-4-16(5-3-14)30-11-17-12-31-24-23(32-17)26(44)35-27(28)34-24/h2-5,12,15,18,30H,6-11H2,1H3,(H,29,43)(H,33,38)(H,39,40)(H,41,42)(H3,28,31,34,35,44)/t15-,18-/m0/s1. The van der Waals surface area contributed by atoms with E-state index in [0.29, 0.717) is 11.4 Å². The molecule has 0 spiro atoms. The Kier molecular flexibility index (Phi) is 11.1. The highest BCUT2D eigenvalue weighted by Crippen LogP contribution is 2.14. The van der Waals surface area contributed by atoms with Gasteiger partial charge in [0.25, 0.3) is 11.5 Å². The summed E-state index contributed by atoms with van der Waals surface area (Å²) in [6.07, 6.45) is -0.733. The van der Waals surface area contributed by atoms with Crippen LogP contribution in [-0.2, 0) is 30.5 Å². The van der Waals surface area contributed by atoms with E-state index in [1.165, 1.54) is 18.3 Å². The van der Waals surface area contributed by atoms with Gasteiger partial charge >= 0.3 is 11.9 Å². The van der Waals surface area contributed by atoms with E-state index in [-0.39, 0.29) is 42.2 Å². The zero-order valence-electron chi connectivity index (χ0n) is 23.5. The maximum atomic E-state index is 12.6. The fourth-order valence-electron chi connectivity index (χ4n) is 4.02. The summed E-state index contributed by atoms with van der Waals surface area (Å²) in [7, 11) is 0. The molecule has 2 heterocycles. The lowest BCUT2D eigenvalue weighted by Crippen LogP contribution is -2.44. The molecule has 2 aromatic heterocycles. The summed E-state index contributed by atoms with van der Waals surface area (Å²) in [5.41, 5.74) is 6.52. The first-order valence-corrected chi connectivity index (χ1v) is 13.2. The zero-order valence-corrected chi connectivity index (χ0v) is 23.5. The van der Waals surface area contributed by atoms with Crippen molar-refractivity contribution in [1.82, 2.24) is 30.6 Å². The number of carbonyl (C=O) groups is 6. The highest BCUT2D eigenvalue weighted by Gasteiger charge is 2.29. The van der Waals surface area contributed by atoms with Gasteiger partial charge in [0.15, 0.2) is 16.9 Å². The van der Waals surface area contributed by atoms with Gasteiger partial charge in [-0.1, -0.05) is 0 Å². The molecule has 0 unspecified atom stereocenters. The van der Waals surface area contributed by atoms with Crippen molar-refractivity contribution in [1.29, 1.82) is 0 Å². The van der Waals surface area contributed by atoms with Crippen molar-refractivity contribution >= 4 is 58.1 Å². The van der Waals surface area contributed by atoms with Crippen molar-refractivity contribution in [2.45, 2.75) is 45.2 Å². The van der Waals surface area contributed by atoms with Crippen molar-refractivity contribution < 1.29 is 39.0 Å². The van der Waals surface area contributed by atoms with Crippen LogP contribution < -0.4 is 27.2 Å². The van der Waals surface area contributed by atoms with Crippen LogP contribution in [0.2, 0.25) is 0 Å². The van der Waals surface area contributed by atoms with Gasteiger partial charge in [-0.25, -0.2) is 9.97 Å². The molecule has 0 saturated heterocycles. The van der Waals surface area contributed by atoms with E-state index in [4.69, 9.17) is 15.9 Å². The summed E-state index contributed by atoms with van der Waals surface area (Å²) in [5, 5.41) is 26.0. The van der Waals surface area contributed by atoms with Crippen molar-refractivity contribution in [2.75, 3.05) is 17.6 Å². The first kappa shape index (κ1) is 32.8. The molecule has 0 aliphatic heterocycles. The third-order valence-corrected chi connectivity index (χ3v) is 6.29. The second kappa shape index (κ2) is 14.9. The number of nitrogens with two attached hydrogens (primary N) is 1. The number of anilines is 2. The van der Waals surface area contributed by atoms with E-state index < -0.39 is 72.1 Å². The molecule has 0 aliphatic rings. The van der Waals surface area contributed by atoms with Crippen LogP contribution in [0.5, 0.6) is 0 Å². The molecule has 0 radical (unpaired) electrons. The van der Waals surface area contributed by atoms with Crippen molar-refractivity contribution in [3.05, 3.63) is 52.1 Å². The molecule has 17 heteroatoms. The largest absolute Gasteiger partial charge is 0.481 e. The Balaban J connectivity index is 1.49. The third-order valence-electron chi connectivity index (χ3n) is 6.29. The molecule has 0 bridgehead atoms. The number of carboxylic acids is 2. The number of H-pyrrole nitrogens is 1. The first-order chi connectivity index (χ1) is 20.8. The number of benzene rings is 1. The number of hydrogen-bond acceptors (Lipinski definition) is 12. The van der Waals surface area contributed by atoms with Crippen LogP contribution in [0.25, 0.3) is 11.2 Å². The van der Waals surface area contributed by atoms with E-state index >= 15 is 0 Å². The van der Waals surface area contributed by atoms with Gasteiger partial charge in [0.2, 0.25) is 11.9 Å². The zero-order chi connectivity index (χ0) is 32.4. The Morgan fingerprint density at radius 1 is 0.977 bits per heavy atom. The number of fused-ring (bicyclic) bond motifs is 1. The van der Waals surface area contributed by atoms with Gasteiger partial charge in [-0.05, 0) is 31.2 Å². The summed E-state index contributed by atoms with van der Waals surface area (Å²) in [5.74, 6) is -6.44. The minimum absolute atomic E-state index is 0.0422. The number of ketones is 2. The highest BCUT2D eigenvalue weighted by atomic mass is 16.4. The minimum Gasteiger partial charge on any atom is -0.481 e. The van der Waals surface area contributed by atoms with E-state index in [2.05, 4.69) is 35.9 Å². The van der Waals surface area contributed by atoms with Crippen molar-refractivity contribution in [2.24, 2.45) is 5.92 Å². The summed E-state index contributed by atoms with van der Waals surface area (Å²) >= 11 is 0. The van der Waals surface area contributed by atoms with Gasteiger partial charge in [-0.15, -0.1) is 0 Å². The molecule has 0 aliphatic carbocycles. The van der Waals surface area contributed by atoms with E-state index in [1.807, 2.05) is 0 Å². The van der Waals surface area contributed by atoms with Gasteiger partial charge in [0, 0.05) is 36.6 Å². The number of aromatic nitrogens is 4. The van der Waals surface area contributed by atoms with Crippen LogP contribution in [0.4, 0.5) is 11.6 Å². The average Bonchev–Trinajstić information content (AvgIpc) is 2.95. The quantitative estimate of drug-likeness (QED) is 0.109. The van der Waals surface area contributed by atoms with Gasteiger partial charge in [-0.3, -0.25) is 38.5 Å². The number of nitrogens with one attached hydrogen (secondary N) is 4. The Labute approximate surface area is 248 Å². The molecule has 3 rings (SSSR count). The summed E-state index contributed by atoms with van der Waals surface area (Å²) in [6, 6.07) is 4.86. The fraction of sp³-hybridized carbons (Fsp3) is 0.333. The summed E-state index contributed by atoms with van der Waals surface area (Å²) in [4.78, 5) is 97.9. The molecule has 232 valence electrons. The predicted octanol–water partition coefficient (Wildman–Crippen LogP) is -0.374.